The van der Waals surface area contributed by atoms with Crippen LogP contribution in [-0.4, -0.2) is 54.8 Å². The number of halogens is 3. The number of alkyl halides is 3. The topological polar surface area (TPSA) is 106 Å². The molecule has 4 heterocycles. The Morgan fingerprint density at radius 2 is 1.56 bits per heavy atom. The number of benzene rings is 2. The van der Waals surface area contributed by atoms with E-state index >= 15 is 0 Å². The molecule has 0 unspecified atom stereocenters. The quantitative estimate of drug-likeness (QED) is 0.267. The average Bonchev–Trinajstić information content (AvgIpc) is 3.73. The highest BCUT2D eigenvalue weighted by atomic mass is 19.4. The zero-order valence-corrected chi connectivity index (χ0v) is 22.6. The van der Waals surface area contributed by atoms with Crippen molar-refractivity contribution in [1.29, 1.82) is 0 Å². The standard InChI is InChI=1S/C31H24F3N7O2/c32-31(33,34)26-18-25(24-7-4-14-35-19-24)39-41(26)28-13-12-27(37-38-28)36-29(42)23-6-3-5-22(17-23)20-8-10-21(11-9-20)30(43)40-15-1-2-16-40/h3-14,17-19H,1-2,15-16H2,(H,36,37,42). The third kappa shape index (κ3) is 5.98. The molecule has 2 aromatic carbocycles. The number of nitrogens with zero attached hydrogens (tertiary/aromatic N) is 6. The Kier molecular flexibility index (Phi) is 7.41. The van der Waals surface area contributed by atoms with Gasteiger partial charge in [-0.3, -0.25) is 14.6 Å². The van der Waals surface area contributed by atoms with Crippen LogP contribution in [0.1, 0.15) is 39.3 Å². The Balaban J connectivity index is 1.17. The number of amides is 2. The molecule has 0 atom stereocenters. The number of pyridine rings is 1. The van der Waals surface area contributed by atoms with Crippen molar-refractivity contribution in [3.05, 3.63) is 108 Å². The van der Waals surface area contributed by atoms with Crippen LogP contribution in [0.5, 0.6) is 0 Å². The number of rotatable bonds is 6. The highest BCUT2D eigenvalue weighted by molar-refractivity contribution is 6.04. The van der Waals surface area contributed by atoms with E-state index in [9.17, 15) is 22.8 Å². The van der Waals surface area contributed by atoms with Gasteiger partial charge in [0.05, 0.1) is 5.69 Å². The summed E-state index contributed by atoms with van der Waals surface area (Å²) >= 11 is 0. The van der Waals surface area contributed by atoms with Crippen molar-refractivity contribution in [1.82, 2.24) is 29.9 Å². The van der Waals surface area contributed by atoms with Crippen LogP contribution >= 0.6 is 0 Å². The van der Waals surface area contributed by atoms with Gasteiger partial charge in [0.2, 0.25) is 0 Å². The number of nitrogens with one attached hydrogen (secondary N) is 1. The summed E-state index contributed by atoms with van der Waals surface area (Å²) in [4.78, 5) is 31.4. The highest BCUT2D eigenvalue weighted by Crippen LogP contribution is 2.33. The Hall–Kier alpha value is -5.39. The van der Waals surface area contributed by atoms with Gasteiger partial charge in [-0.2, -0.15) is 18.3 Å². The third-order valence-electron chi connectivity index (χ3n) is 7.05. The molecule has 43 heavy (non-hydrogen) atoms. The number of hydrogen-bond donors (Lipinski definition) is 1. The first-order valence-corrected chi connectivity index (χ1v) is 13.5. The number of aromatic nitrogens is 5. The van der Waals surface area contributed by atoms with Crippen molar-refractivity contribution in [3.63, 3.8) is 0 Å². The van der Waals surface area contributed by atoms with Gasteiger partial charge in [0.25, 0.3) is 11.8 Å². The maximum Gasteiger partial charge on any atom is 0.433 e. The highest BCUT2D eigenvalue weighted by Gasteiger charge is 2.37. The first-order chi connectivity index (χ1) is 20.8. The molecule has 9 nitrogen and oxygen atoms in total. The number of carbonyl (C=O) groups excluding carboxylic acids is 2. The van der Waals surface area contributed by atoms with Crippen LogP contribution < -0.4 is 5.32 Å². The minimum atomic E-state index is -4.70. The van der Waals surface area contributed by atoms with Gasteiger partial charge in [-0.05, 0) is 78.6 Å². The van der Waals surface area contributed by atoms with E-state index in [1.165, 1.54) is 24.5 Å². The lowest BCUT2D eigenvalue weighted by molar-refractivity contribution is -0.142. The van der Waals surface area contributed by atoms with E-state index in [4.69, 9.17) is 0 Å². The summed E-state index contributed by atoms with van der Waals surface area (Å²) in [7, 11) is 0. The van der Waals surface area contributed by atoms with Crippen LogP contribution in [0.2, 0.25) is 0 Å². The van der Waals surface area contributed by atoms with E-state index in [2.05, 4.69) is 25.6 Å². The second kappa shape index (κ2) is 11.5. The summed E-state index contributed by atoms with van der Waals surface area (Å²) in [6, 6.07) is 20.9. The minimum Gasteiger partial charge on any atom is -0.339 e. The van der Waals surface area contributed by atoms with Gasteiger partial charge in [-0.1, -0.05) is 24.3 Å². The van der Waals surface area contributed by atoms with Crippen LogP contribution in [0, 0.1) is 0 Å². The Morgan fingerprint density at radius 1 is 0.791 bits per heavy atom. The van der Waals surface area contributed by atoms with Crippen molar-refractivity contribution in [2.75, 3.05) is 18.4 Å². The summed E-state index contributed by atoms with van der Waals surface area (Å²) in [5.74, 6) is -0.578. The van der Waals surface area contributed by atoms with Crippen molar-refractivity contribution < 1.29 is 22.8 Å². The van der Waals surface area contributed by atoms with Gasteiger partial charge >= 0.3 is 6.18 Å². The zero-order valence-electron chi connectivity index (χ0n) is 22.6. The fourth-order valence-electron chi connectivity index (χ4n) is 4.85. The van der Waals surface area contributed by atoms with E-state index in [-0.39, 0.29) is 23.2 Å². The van der Waals surface area contributed by atoms with Crippen LogP contribution in [0.25, 0.3) is 28.2 Å². The predicted molar refractivity (Wildman–Crippen MR) is 152 cm³/mol. The van der Waals surface area contributed by atoms with Crippen molar-refractivity contribution >= 4 is 17.6 Å². The van der Waals surface area contributed by atoms with Gasteiger partial charge < -0.3 is 10.2 Å². The summed E-state index contributed by atoms with van der Waals surface area (Å²) < 4.78 is 42.0. The predicted octanol–water partition coefficient (Wildman–Crippen LogP) is 5.90. The zero-order chi connectivity index (χ0) is 30.0. The van der Waals surface area contributed by atoms with E-state index in [0.29, 0.717) is 21.4 Å². The van der Waals surface area contributed by atoms with Crippen molar-refractivity contribution in [2.45, 2.75) is 19.0 Å². The lowest BCUT2D eigenvalue weighted by atomic mass is 10.0. The Morgan fingerprint density at radius 3 is 2.23 bits per heavy atom. The molecule has 5 aromatic rings. The van der Waals surface area contributed by atoms with Crippen molar-refractivity contribution in [2.24, 2.45) is 0 Å². The van der Waals surface area contributed by atoms with Crippen molar-refractivity contribution in [3.8, 4) is 28.2 Å². The largest absolute Gasteiger partial charge is 0.433 e. The number of anilines is 1. The van der Waals surface area contributed by atoms with E-state index in [1.807, 2.05) is 23.1 Å². The third-order valence-corrected chi connectivity index (χ3v) is 7.05. The fraction of sp³-hybridized carbons (Fsp3) is 0.161. The van der Waals surface area contributed by atoms with Gasteiger partial charge in [-0.25, -0.2) is 4.68 Å². The van der Waals surface area contributed by atoms with Gasteiger partial charge in [0.1, 0.15) is 0 Å². The molecular weight excluding hydrogens is 559 g/mol. The van der Waals surface area contributed by atoms with Crippen LogP contribution in [0.3, 0.4) is 0 Å². The summed E-state index contributed by atoms with van der Waals surface area (Å²) in [5, 5.41) is 14.5. The number of hydrogen-bond acceptors (Lipinski definition) is 6. The van der Waals surface area contributed by atoms with Crippen LogP contribution in [-0.2, 0) is 6.18 Å². The monoisotopic (exact) mass is 583 g/mol. The molecule has 6 rings (SSSR count). The van der Waals surface area contributed by atoms with E-state index < -0.39 is 17.8 Å². The minimum absolute atomic E-state index is 0.0143. The number of likely N-dealkylation sites (tertiary alicyclic amines) is 1. The summed E-state index contributed by atoms with van der Waals surface area (Å²) in [6.07, 6.45) is 0.266. The molecule has 216 valence electrons. The fourth-order valence-corrected chi connectivity index (χ4v) is 4.85. The molecule has 1 aliphatic rings. The Bertz CT molecular complexity index is 1760. The molecule has 12 heteroatoms. The van der Waals surface area contributed by atoms with Crippen LogP contribution in [0.4, 0.5) is 19.0 Å². The maximum atomic E-state index is 13.8. The van der Waals surface area contributed by atoms with Crippen LogP contribution in [0.15, 0.2) is 91.3 Å². The second-order valence-electron chi connectivity index (χ2n) is 9.95. The lowest BCUT2D eigenvalue weighted by Crippen LogP contribution is -2.27. The normalized spacial score (nSPS) is 13.2. The summed E-state index contributed by atoms with van der Waals surface area (Å²) in [5.41, 5.74) is 2.03. The first-order valence-electron chi connectivity index (χ1n) is 13.5. The average molecular weight is 584 g/mol. The number of carbonyl (C=O) groups is 2. The molecule has 0 saturated carbocycles. The molecule has 1 aliphatic heterocycles. The molecule has 0 bridgehead atoms. The first kappa shape index (κ1) is 27.8. The molecule has 1 N–H and O–H groups in total. The smallest absolute Gasteiger partial charge is 0.339 e. The summed E-state index contributed by atoms with van der Waals surface area (Å²) in [6.45, 7) is 1.55. The Labute approximate surface area is 244 Å². The molecule has 0 radical (unpaired) electrons. The second-order valence-corrected chi connectivity index (χ2v) is 9.95. The molecule has 1 fully saturated rings. The molecule has 0 spiro atoms. The lowest BCUT2D eigenvalue weighted by Gasteiger charge is -2.15. The van der Waals surface area contributed by atoms with E-state index in [0.717, 1.165) is 43.1 Å². The molecule has 3 aromatic heterocycles. The van der Waals surface area contributed by atoms with Gasteiger partial charge in [-0.15, -0.1) is 10.2 Å². The van der Waals surface area contributed by atoms with Gasteiger partial charge in [0.15, 0.2) is 17.3 Å². The molecule has 2 amide bonds. The SMILES string of the molecule is O=C(Nc1ccc(-n2nc(-c3cccnc3)cc2C(F)(F)F)nn1)c1cccc(-c2ccc(C(=O)N3CCCC3)cc2)c1. The maximum absolute atomic E-state index is 13.8. The molecule has 0 aliphatic carbocycles. The molecular formula is C31H24F3N7O2. The molecule has 1 saturated heterocycles. The van der Waals surface area contributed by atoms with E-state index in [1.54, 1.807) is 42.5 Å². The van der Waals surface area contributed by atoms with Gasteiger partial charge in [0, 0.05) is 42.2 Å².